The lowest BCUT2D eigenvalue weighted by molar-refractivity contribution is -0.114. The molecule has 0 bridgehead atoms. The number of benzene rings is 1. The van der Waals surface area contributed by atoms with Crippen molar-refractivity contribution in [2.75, 3.05) is 13.1 Å². The largest absolute Gasteiger partial charge is 0.349 e. The number of fused-ring (bicyclic) bond motifs is 1. The molecule has 1 saturated heterocycles. The molecule has 2 aromatic rings. The Morgan fingerprint density at radius 3 is 2.68 bits per heavy atom. The lowest BCUT2D eigenvalue weighted by atomic mass is 10.1. The molecule has 0 aliphatic carbocycles. The maximum Gasteiger partial charge on any atom is 0.283 e. The summed E-state index contributed by atoms with van der Waals surface area (Å²) in [5.74, 6) is -0.349. The number of rotatable bonds is 2. The van der Waals surface area contributed by atoms with E-state index in [1.165, 1.54) is 16.8 Å². The number of amidine groups is 3. The summed E-state index contributed by atoms with van der Waals surface area (Å²) in [4.78, 5) is 19.2. The molecule has 1 N–H and O–H groups in total. The molecule has 1 aromatic carbocycles. The van der Waals surface area contributed by atoms with E-state index in [9.17, 15) is 4.79 Å². The molecule has 158 valence electrons. The maximum absolute atomic E-state index is 12.8. The van der Waals surface area contributed by atoms with Gasteiger partial charge in [-0.05, 0) is 74.4 Å². The van der Waals surface area contributed by atoms with E-state index < -0.39 is 5.91 Å². The molecule has 0 saturated carbocycles. The second-order valence-electron chi connectivity index (χ2n) is 7.74. The summed E-state index contributed by atoms with van der Waals surface area (Å²) in [5.41, 5.74) is 4.02. The number of aryl methyl sites for hydroxylation is 1. The minimum Gasteiger partial charge on any atom is -0.349 e. The first-order valence-electron chi connectivity index (χ1n) is 10.1. The number of halogens is 1. The molecule has 0 unspecified atom stereocenters. The number of hydrogen-bond donors (Lipinski definition) is 1. The minimum absolute atomic E-state index is 0.0595. The van der Waals surface area contributed by atoms with E-state index in [-0.39, 0.29) is 11.4 Å². The van der Waals surface area contributed by atoms with E-state index in [1.54, 1.807) is 6.08 Å². The van der Waals surface area contributed by atoms with Gasteiger partial charge in [-0.2, -0.15) is 10.0 Å². The van der Waals surface area contributed by atoms with E-state index >= 15 is 0 Å². The summed E-state index contributed by atoms with van der Waals surface area (Å²) < 4.78 is 2.08. The highest BCUT2D eigenvalue weighted by Gasteiger charge is 2.37. The number of likely N-dealkylation sites (tertiary alicyclic amines) is 1. The molecule has 9 heteroatoms. The lowest BCUT2D eigenvalue weighted by Crippen LogP contribution is -2.35. The van der Waals surface area contributed by atoms with Crippen LogP contribution in [0.5, 0.6) is 0 Å². The molecule has 3 aliphatic heterocycles. The number of hydrogen-bond acceptors (Lipinski definition) is 5. The molecule has 0 radical (unpaired) electrons. The van der Waals surface area contributed by atoms with Crippen molar-refractivity contribution in [1.29, 1.82) is 5.41 Å². The number of carbonyl (C=O) groups excluding carboxylic acids is 1. The normalized spacial score (nSPS) is 19.9. The number of thioether (sulfide) groups is 1. The van der Waals surface area contributed by atoms with Gasteiger partial charge >= 0.3 is 0 Å². The van der Waals surface area contributed by atoms with Crippen LogP contribution in [-0.2, 0) is 4.79 Å². The van der Waals surface area contributed by atoms with Crippen LogP contribution >= 0.6 is 23.4 Å². The summed E-state index contributed by atoms with van der Waals surface area (Å²) in [6.07, 6.45) is 4.01. The second kappa shape index (κ2) is 7.69. The van der Waals surface area contributed by atoms with Crippen LogP contribution in [0.15, 0.2) is 46.0 Å². The van der Waals surface area contributed by atoms with Crippen molar-refractivity contribution in [3.8, 4) is 5.69 Å². The van der Waals surface area contributed by atoms with Gasteiger partial charge in [-0.3, -0.25) is 10.2 Å². The summed E-state index contributed by atoms with van der Waals surface area (Å²) in [6, 6.07) is 9.64. The average molecular weight is 453 g/mol. The smallest absolute Gasteiger partial charge is 0.283 e. The van der Waals surface area contributed by atoms with Gasteiger partial charge in [0.2, 0.25) is 5.17 Å². The molecule has 4 heterocycles. The summed E-state index contributed by atoms with van der Waals surface area (Å²) in [5, 5.41) is 16.6. The molecular formula is C22H21ClN6OS. The number of hydrazone groups is 1. The minimum atomic E-state index is -0.408. The number of carbonyl (C=O) groups is 1. The van der Waals surface area contributed by atoms with E-state index in [4.69, 9.17) is 17.0 Å². The van der Waals surface area contributed by atoms with Crippen LogP contribution in [0, 0.1) is 19.3 Å². The fourth-order valence-corrected chi connectivity index (χ4v) is 5.25. The summed E-state index contributed by atoms with van der Waals surface area (Å²) >= 11 is 7.54. The molecule has 1 amide bonds. The number of nitrogens with zero attached hydrogens (tertiary/aromatic N) is 5. The molecule has 1 aromatic heterocycles. The van der Waals surface area contributed by atoms with Gasteiger partial charge in [0, 0.05) is 35.2 Å². The van der Waals surface area contributed by atoms with Crippen LogP contribution in [0.1, 0.15) is 29.8 Å². The highest BCUT2D eigenvalue weighted by atomic mass is 35.5. The SMILES string of the molecule is Cc1cc(/C=C2\C(=N)N3N=C(N4CCCC4)SC3=NC2=O)c(C)n1-c1cccc(Cl)c1. The Kier molecular flexibility index (Phi) is 4.98. The van der Waals surface area contributed by atoms with Crippen molar-refractivity contribution in [3.63, 3.8) is 0 Å². The van der Waals surface area contributed by atoms with Crippen molar-refractivity contribution < 1.29 is 4.79 Å². The Hall–Kier alpha value is -2.84. The number of aromatic nitrogens is 1. The average Bonchev–Trinajstić information content (AvgIpc) is 3.45. The Bertz CT molecular complexity index is 1200. The highest BCUT2D eigenvalue weighted by molar-refractivity contribution is 8.26. The van der Waals surface area contributed by atoms with Crippen LogP contribution < -0.4 is 0 Å². The maximum atomic E-state index is 12.8. The van der Waals surface area contributed by atoms with E-state index in [1.807, 2.05) is 44.2 Å². The van der Waals surface area contributed by atoms with Crippen LogP contribution in [0.2, 0.25) is 5.02 Å². The van der Waals surface area contributed by atoms with Crippen LogP contribution in [0.4, 0.5) is 0 Å². The van der Waals surface area contributed by atoms with Gasteiger partial charge in [0.25, 0.3) is 5.91 Å². The van der Waals surface area contributed by atoms with Gasteiger partial charge in [-0.15, -0.1) is 5.10 Å². The molecule has 5 rings (SSSR count). The monoisotopic (exact) mass is 452 g/mol. The standard InChI is InChI=1S/C22H21ClN6OS/c1-13-10-15(14(2)28(13)17-7-5-6-16(23)12-17)11-18-19(24)29-21(25-20(18)30)31-22(26-29)27-8-3-4-9-27/h5-7,10-12,24H,3-4,8-9H2,1-2H3/b18-11+,24-19?. The third-order valence-corrected chi connectivity index (χ3v) is 6.86. The Labute approximate surface area is 189 Å². The first kappa shape index (κ1) is 20.1. The zero-order chi connectivity index (χ0) is 21.7. The van der Waals surface area contributed by atoms with Gasteiger partial charge in [0.05, 0.1) is 5.57 Å². The van der Waals surface area contributed by atoms with Crippen molar-refractivity contribution in [2.24, 2.45) is 10.1 Å². The summed E-state index contributed by atoms with van der Waals surface area (Å²) in [7, 11) is 0. The zero-order valence-electron chi connectivity index (χ0n) is 17.2. The first-order chi connectivity index (χ1) is 14.9. The van der Waals surface area contributed by atoms with Crippen LogP contribution in [0.3, 0.4) is 0 Å². The fraction of sp³-hybridized carbons (Fsp3) is 0.273. The van der Waals surface area contributed by atoms with Crippen molar-refractivity contribution in [2.45, 2.75) is 26.7 Å². The number of nitrogens with one attached hydrogen (secondary N) is 1. The van der Waals surface area contributed by atoms with Crippen molar-refractivity contribution >= 4 is 51.5 Å². The molecule has 0 atom stereocenters. The fourth-order valence-electron chi connectivity index (χ4n) is 4.12. The quantitative estimate of drug-likeness (QED) is 0.684. The molecule has 7 nitrogen and oxygen atoms in total. The number of amides is 1. The van der Waals surface area contributed by atoms with E-state index in [0.717, 1.165) is 53.7 Å². The topological polar surface area (TPSA) is 77.1 Å². The zero-order valence-corrected chi connectivity index (χ0v) is 18.8. The molecule has 31 heavy (non-hydrogen) atoms. The third-order valence-electron chi connectivity index (χ3n) is 5.66. The van der Waals surface area contributed by atoms with Gasteiger partial charge < -0.3 is 9.47 Å². The van der Waals surface area contributed by atoms with Crippen molar-refractivity contribution in [1.82, 2.24) is 14.5 Å². The second-order valence-corrected chi connectivity index (χ2v) is 9.11. The highest BCUT2D eigenvalue weighted by Crippen LogP contribution is 2.32. The van der Waals surface area contributed by atoms with Crippen molar-refractivity contribution in [3.05, 3.63) is 57.9 Å². The predicted octanol–water partition coefficient (Wildman–Crippen LogP) is 4.42. The third kappa shape index (κ3) is 3.49. The van der Waals surface area contributed by atoms with Gasteiger partial charge in [-0.1, -0.05) is 17.7 Å². The lowest BCUT2D eigenvalue weighted by Gasteiger charge is -2.20. The molecular weight excluding hydrogens is 432 g/mol. The predicted molar refractivity (Wildman–Crippen MR) is 126 cm³/mol. The molecule has 3 aliphatic rings. The molecule has 0 spiro atoms. The Balaban J connectivity index is 1.50. The summed E-state index contributed by atoms with van der Waals surface area (Å²) in [6.45, 7) is 5.89. The van der Waals surface area contributed by atoms with Gasteiger partial charge in [0.15, 0.2) is 11.0 Å². The Morgan fingerprint density at radius 1 is 1.16 bits per heavy atom. The van der Waals surface area contributed by atoms with E-state index in [0.29, 0.717) is 10.2 Å². The van der Waals surface area contributed by atoms with Gasteiger partial charge in [-0.25, -0.2) is 0 Å². The molecule has 1 fully saturated rings. The Morgan fingerprint density at radius 2 is 1.94 bits per heavy atom. The van der Waals surface area contributed by atoms with Crippen LogP contribution in [0.25, 0.3) is 11.8 Å². The van der Waals surface area contributed by atoms with Crippen LogP contribution in [-0.4, -0.2) is 49.6 Å². The number of aliphatic imine (C=N–C) groups is 1. The van der Waals surface area contributed by atoms with Gasteiger partial charge in [0.1, 0.15) is 0 Å². The first-order valence-corrected chi connectivity index (χ1v) is 11.3. The van der Waals surface area contributed by atoms with E-state index in [2.05, 4.69) is 19.6 Å².